The minimum atomic E-state index is -0.409. The zero-order valence-electron chi connectivity index (χ0n) is 20.1. The van der Waals surface area contributed by atoms with Gasteiger partial charge in [-0.15, -0.1) is 0 Å². The lowest BCUT2D eigenvalue weighted by atomic mass is 9.88. The molecule has 6 nitrogen and oxygen atoms in total. The van der Waals surface area contributed by atoms with Crippen LogP contribution in [0.5, 0.6) is 0 Å². The molecule has 3 atom stereocenters. The van der Waals surface area contributed by atoms with Gasteiger partial charge in [-0.3, -0.25) is 14.6 Å². The highest BCUT2D eigenvalue weighted by atomic mass is 16.2. The number of hydrogen-bond acceptors (Lipinski definition) is 4. The monoisotopic (exact) mass is 468 g/mol. The maximum atomic E-state index is 13.9. The largest absolute Gasteiger partial charge is 0.381 e. The third-order valence-corrected chi connectivity index (χ3v) is 7.33. The molecule has 2 fully saturated rings. The highest BCUT2D eigenvalue weighted by Gasteiger charge is 2.52. The fourth-order valence-corrected chi connectivity index (χ4v) is 5.66. The van der Waals surface area contributed by atoms with E-state index < -0.39 is 5.54 Å². The Morgan fingerprint density at radius 2 is 1.86 bits per heavy atom. The van der Waals surface area contributed by atoms with E-state index in [9.17, 15) is 9.59 Å². The van der Waals surface area contributed by atoms with Crippen molar-refractivity contribution in [3.63, 3.8) is 0 Å². The zero-order chi connectivity index (χ0) is 24.3. The number of rotatable bonds is 6. The number of carbonyl (C=O) groups excluding carboxylic acids is 2. The average molecular weight is 469 g/mol. The number of aromatic nitrogens is 1. The Morgan fingerprint density at radius 1 is 1.09 bits per heavy atom. The number of fused-ring (bicyclic) bond motifs is 1. The molecule has 3 aromatic rings. The van der Waals surface area contributed by atoms with Gasteiger partial charge >= 0.3 is 0 Å². The Morgan fingerprint density at radius 3 is 2.60 bits per heavy atom. The van der Waals surface area contributed by atoms with E-state index >= 15 is 0 Å². The average Bonchev–Trinajstić information content (AvgIpc) is 3.04. The van der Waals surface area contributed by atoms with Gasteiger partial charge in [0.15, 0.2) is 0 Å². The van der Waals surface area contributed by atoms with Gasteiger partial charge in [-0.05, 0) is 74.1 Å². The van der Waals surface area contributed by atoms with Crippen molar-refractivity contribution >= 4 is 17.5 Å². The van der Waals surface area contributed by atoms with Gasteiger partial charge in [-0.2, -0.15) is 0 Å². The molecule has 0 bridgehead atoms. The number of anilines is 1. The van der Waals surface area contributed by atoms with Crippen molar-refractivity contribution in [2.24, 2.45) is 0 Å². The van der Waals surface area contributed by atoms with Crippen LogP contribution in [0.15, 0.2) is 79.1 Å². The lowest BCUT2D eigenvalue weighted by Gasteiger charge is -2.35. The number of amides is 2. The minimum Gasteiger partial charge on any atom is -0.381 e. The summed E-state index contributed by atoms with van der Waals surface area (Å²) in [5.74, 6) is 0.126. The Hall–Kier alpha value is -3.67. The van der Waals surface area contributed by atoms with Gasteiger partial charge in [-0.1, -0.05) is 36.4 Å². The number of nitrogens with one attached hydrogen (secondary N) is 2. The number of nitrogens with zero attached hydrogens (tertiary/aromatic N) is 2. The molecule has 2 aliphatic heterocycles. The summed E-state index contributed by atoms with van der Waals surface area (Å²) in [6, 6.07) is 22.0. The molecule has 1 aromatic heterocycles. The molecular weight excluding hydrogens is 436 g/mol. The van der Waals surface area contributed by atoms with E-state index in [1.165, 1.54) is 5.56 Å². The van der Waals surface area contributed by atoms with Crippen LogP contribution in [-0.4, -0.2) is 39.3 Å². The highest BCUT2D eigenvalue weighted by Crippen LogP contribution is 2.40. The second-order valence-electron chi connectivity index (χ2n) is 9.93. The minimum absolute atomic E-state index is 0.0152. The maximum absolute atomic E-state index is 13.9. The van der Waals surface area contributed by atoms with Gasteiger partial charge in [0.2, 0.25) is 5.91 Å². The van der Waals surface area contributed by atoms with Gasteiger partial charge in [0.05, 0.1) is 11.6 Å². The van der Waals surface area contributed by atoms with Crippen LogP contribution in [0.25, 0.3) is 0 Å². The summed E-state index contributed by atoms with van der Waals surface area (Å²) >= 11 is 0. The number of benzene rings is 2. The molecule has 2 saturated heterocycles. The van der Waals surface area contributed by atoms with Crippen molar-refractivity contribution in [1.29, 1.82) is 0 Å². The summed E-state index contributed by atoms with van der Waals surface area (Å²) in [7, 11) is 0. The predicted molar refractivity (Wildman–Crippen MR) is 137 cm³/mol. The first kappa shape index (κ1) is 23.1. The van der Waals surface area contributed by atoms with Crippen LogP contribution in [0, 0.1) is 0 Å². The third-order valence-electron chi connectivity index (χ3n) is 7.33. The van der Waals surface area contributed by atoms with Crippen LogP contribution in [0.2, 0.25) is 0 Å². The van der Waals surface area contributed by atoms with Crippen molar-refractivity contribution in [2.75, 3.05) is 5.32 Å². The molecule has 2 N–H and O–H groups in total. The van der Waals surface area contributed by atoms with Crippen molar-refractivity contribution in [3.05, 3.63) is 95.8 Å². The first-order valence-electron chi connectivity index (χ1n) is 12.4. The molecule has 2 amide bonds. The molecule has 0 spiro atoms. The van der Waals surface area contributed by atoms with Crippen molar-refractivity contribution in [1.82, 2.24) is 15.2 Å². The molecular formula is C29H32N4O2. The number of pyridine rings is 1. The molecule has 5 rings (SSSR count). The van der Waals surface area contributed by atoms with Gasteiger partial charge < -0.3 is 15.5 Å². The molecule has 0 aliphatic carbocycles. The van der Waals surface area contributed by atoms with Gasteiger partial charge in [0.25, 0.3) is 5.91 Å². The van der Waals surface area contributed by atoms with Crippen LogP contribution < -0.4 is 10.6 Å². The lowest BCUT2D eigenvalue weighted by molar-refractivity contribution is -0.122. The molecule has 35 heavy (non-hydrogen) atoms. The molecule has 0 saturated carbocycles. The summed E-state index contributed by atoms with van der Waals surface area (Å²) in [6.07, 6.45) is 7.29. The Labute approximate surface area is 206 Å². The van der Waals surface area contributed by atoms with E-state index in [-0.39, 0.29) is 23.9 Å². The van der Waals surface area contributed by atoms with E-state index in [2.05, 4.69) is 39.6 Å². The number of carbonyl (C=O) groups is 2. The molecule has 180 valence electrons. The summed E-state index contributed by atoms with van der Waals surface area (Å²) < 4.78 is 0. The van der Waals surface area contributed by atoms with Crippen LogP contribution in [0.4, 0.5) is 5.69 Å². The summed E-state index contributed by atoms with van der Waals surface area (Å²) in [6.45, 7) is 2.78. The van der Waals surface area contributed by atoms with E-state index in [0.717, 1.165) is 36.9 Å². The second-order valence-corrected chi connectivity index (χ2v) is 9.93. The highest BCUT2D eigenvalue weighted by molar-refractivity contribution is 5.95. The quantitative estimate of drug-likeness (QED) is 0.555. The molecule has 0 radical (unpaired) electrons. The Kier molecular flexibility index (Phi) is 6.53. The van der Waals surface area contributed by atoms with Gasteiger partial charge in [-0.25, -0.2) is 0 Å². The summed E-state index contributed by atoms with van der Waals surface area (Å²) in [5.41, 5.74) is 3.53. The van der Waals surface area contributed by atoms with Crippen molar-refractivity contribution in [3.8, 4) is 0 Å². The fourth-order valence-electron chi connectivity index (χ4n) is 5.66. The van der Waals surface area contributed by atoms with Gasteiger partial charge in [0, 0.05) is 42.7 Å². The molecule has 2 aliphatic rings. The number of hydrogen-bond donors (Lipinski definition) is 2. The van der Waals surface area contributed by atoms with Crippen LogP contribution >= 0.6 is 0 Å². The van der Waals surface area contributed by atoms with E-state index in [1.54, 1.807) is 6.20 Å². The Bertz CT molecular complexity index is 1170. The third kappa shape index (κ3) is 5.06. The molecule has 0 unspecified atom stereocenters. The zero-order valence-corrected chi connectivity index (χ0v) is 20.1. The van der Waals surface area contributed by atoms with Gasteiger partial charge in [0.1, 0.15) is 0 Å². The SMILES string of the molecule is C[C@]12C[C@@H](Cc3ccccc3)N(C(=O)c3ccc(NCc4cccnc4)cc3)[C@H]1CCCC(=O)N2. The first-order chi connectivity index (χ1) is 17.0. The standard InChI is InChI=1S/C29H32N4O2/c1-29-18-25(17-21-7-3-2-4-8-21)33(26(29)10-5-11-27(34)32-29)28(35)23-12-14-24(15-13-23)31-20-22-9-6-16-30-19-22/h2-4,6-9,12-16,19,25-26,31H,5,10-11,17-18,20H2,1H3,(H,32,34)/t25-,26+,29+/m1/s1. The normalized spacial score (nSPS) is 23.8. The maximum Gasteiger partial charge on any atom is 0.254 e. The second kappa shape index (κ2) is 9.90. The molecule has 3 heterocycles. The molecule has 2 aromatic carbocycles. The first-order valence-corrected chi connectivity index (χ1v) is 12.4. The number of likely N-dealkylation sites (tertiary alicyclic amines) is 1. The predicted octanol–water partition coefficient (Wildman–Crippen LogP) is 4.58. The fraction of sp³-hybridized carbons (Fsp3) is 0.345. The van der Waals surface area contributed by atoms with E-state index in [1.807, 2.05) is 60.8 Å². The lowest BCUT2D eigenvalue weighted by Crippen LogP contribution is -2.54. The van der Waals surface area contributed by atoms with Crippen molar-refractivity contribution in [2.45, 2.75) is 63.2 Å². The van der Waals surface area contributed by atoms with E-state index in [0.29, 0.717) is 18.5 Å². The topological polar surface area (TPSA) is 74.3 Å². The Balaban J connectivity index is 1.37. The van der Waals surface area contributed by atoms with Crippen LogP contribution in [-0.2, 0) is 17.8 Å². The summed E-state index contributed by atoms with van der Waals surface area (Å²) in [5, 5.41) is 6.65. The van der Waals surface area contributed by atoms with E-state index in [4.69, 9.17) is 0 Å². The van der Waals surface area contributed by atoms with Crippen LogP contribution in [0.3, 0.4) is 0 Å². The van der Waals surface area contributed by atoms with Crippen LogP contribution in [0.1, 0.15) is 54.1 Å². The van der Waals surface area contributed by atoms with Crippen molar-refractivity contribution < 1.29 is 9.59 Å². The smallest absolute Gasteiger partial charge is 0.254 e. The molecule has 6 heteroatoms. The summed E-state index contributed by atoms with van der Waals surface area (Å²) in [4.78, 5) is 32.5.